The van der Waals surface area contributed by atoms with Gasteiger partial charge in [0.05, 0.1) is 10.6 Å². The van der Waals surface area contributed by atoms with Crippen LogP contribution in [0.15, 0.2) is 76.0 Å². The van der Waals surface area contributed by atoms with Crippen LogP contribution in [-0.2, 0) is 22.9 Å². The molecule has 4 aromatic rings. The number of anilines is 1. The molecule has 0 unspecified atom stereocenters. The maximum absolute atomic E-state index is 13.8. The fourth-order valence-electron chi connectivity index (χ4n) is 4.37. The summed E-state index contributed by atoms with van der Waals surface area (Å²) in [5, 5.41) is 0.878. The number of hydrogen-bond acceptors (Lipinski definition) is 4. The van der Waals surface area contributed by atoms with Gasteiger partial charge in [-0.05, 0) is 75.6 Å². The minimum Gasteiger partial charge on any atom is -0.461 e. The summed E-state index contributed by atoms with van der Waals surface area (Å²) in [6.07, 6.45) is 3.93. The Hall–Kier alpha value is -3.38. The molecule has 1 heterocycles. The first-order valence-electron chi connectivity index (χ1n) is 11.1. The summed E-state index contributed by atoms with van der Waals surface area (Å²) < 4.78 is 34.5. The smallest absolute Gasteiger partial charge is 0.272 e. The van der Waals surface area contributed by atoms with Crippen molar-refractivity contribution in [3.8, 4) is 0 Å². The quantitative estimate of drug-likeness (QED) is 0.377. The largest absolute Gasteiger partial charge is 0.461 e. The van der Waals surface area contributed by atoms with E-state index in [0.29, 0.717) is 11.3 Å². The summed E-state index contributed by atoms with van der Waals surface area (Å²) in [4.78, 5) is 13.7. The van der Waals surface area contributed by atoms with Gasteiger partial charge in [-0.3, -0.25) is 4.79 Å². The molecule has 1 aliphatic carbocycles. The van der Waals surface area contributed by atoms with E-state index in [1.807, 2.05) is 13.8 Å². The Morgan fingerprint density at radius 3 is 2.18 bits per heavy atom. The summed E-state index contributed by atoms with van der Waals surface area (Å²) >= 11 is 0. The number of carbonyl (C=O) groups excluding carboxylic acids is 1. The highest BCUT2D eigenvalue weighted by molar-refractivity contribution is 7.93. The Balaban J connectivity index is 1.69. The van der Waals surface area contributed by atoms with Crippen molar-refractivity contribution in [2.75, 3.05) is 4.31 Å². The standard InChI is InChI=1S/C27H25NO4S/c1-18-7-11-20(12-8-18)27(29)28(33(30,31)22-14-9-19(2)10-15-22)21-13-16-26-24(17-21)23-5-3-4-6-25(23)32-26/h7-17H,3-6H2,1-2H3. The van der Waals surface area contributed by atoms with Crippen LogP contribution in [0.25, 0.3) is 11.0 Å². The fourth-order valence-corrected chi connectivity index (χ4v) is 5.78. The molecule has 1 aliphatic rings. The highest BCUT2D eigenvalue weighted by atomic mass is 32.2. The van der Waals surface area contributed by atoms with Gasteiger partial charge in [-0.1, -0.05) is 35.4 Å². The van der Waals surface area contributed by atoms with Gasteiger partial charge >= 0.3 is 0 Å². The zero-order chi connectivity index (χ0) is 23.2. The van der Waals surface area contributed by atoms with Crippen LogP contribution in [0, 0.1) is 13.8 Å². The molecule has 5 rings (SSSR count). The Labute approximate surface area is 193 Å². The third kappa shape index (κ3) is 3.85. The number of carbonyl (C=O) groups is 1. The van der Waals surface area contributed by atoms with Crippen LogP contribution in [0.3, 0.4) is 0 Å². The number of benzene rings is 3. The van der Waals surface area contributed by atoms with Gasteiger partial charge in [0, 0.05) is 22.9 Å². The van der Waals surface area contributed by atoms with Crippen molar-refractivity contribution in [1.29, 1.82) is 0 Å². The number of nitrogens with zero attached hydrogens (tertiary/aromatic N) is 1. The molecule has 0 bridgehead atoms. The van der Waals surface area contributed by atoms with Crippen LogP contribution < -0.4 is 4.31 Å². The molecule has 0 saturated heterocycles. The van der Waals surface area contributed by atoms with Crippen molar-refractivity contribution in [1.82, 2.24) is 0 Å². The number of aryl methyl sites for hydroxylation is 4. The minimum atomic E-state index is -4.15. The minimum absolute atomic E-state index is 0.0721. The van der Waals surface area contributed by atoms with Gasteiger partial charge in [0.25, 0.3) is 15.9 Å². The lowest BCUT2D eigenvalue weighted by Crippen LogP contribution is -2.37. The topological polar surface area (TPSA) is 67.6 Å². The number of sulfonamides is 1. The molecule has 1 amide bonds. The molecular formula is C27H25NO4S. The molecule has 6 heteroatoms. The monoisotopic (exact) mass is 459 g/mol. The normalized spacial score (nSPS) is 13.6. The fraction of sp³-hybridized carbons (Fsp3) is 0.222. The summed E-state index contributed by atoms with van der Waals surface area (Å²) in [6.45, 7) is 3.81. The van der Waals surface area contributed by atoms with Crippen molar-refractivity contribution < 1.29 is 17.6 Å². The van der Waals surface area contributed by atoms with Crippen LogP contribution in [0.2, 0.25) is 0 Å². The van der Waals surface area contributed by atoms with Gasteiger partial charge in [-0.2, -0.15) is 4.31 Å². The van der Waals surface area contributed by atoms with E-state index in [-0.39, 0.29) is 4.90 Å². The molecule has 0 atom stereocenters. The van der Waals surface area contributed by atoms with Crippen LogP contribution in [0.1, 0.15) is 45.7 Å². The van der Waals surface area contributed by atoms with E-state index in [2.05, 4.69) is 0 Å². The second kappa shape index (κ2) is 8.19. The lowest BCUT2D eigenvalue weighted by atomic mass is 9.96. The van der Waals surface area contributed by atoms with Crippen molar-refractivity contribution in [2.45, 2.75) is 44.4 Å². The van der Waals surface area contributed by atoms with Gasteiger partial charge in [0.15, 0.2) is 0 Å². The molecule has 0 fully saturated rings. The number of hydrogen-bond donors (Lipinski definition) is 0. The van der Waals surface area contributed by atoms with Crippen LogP contribution in [-0.4, -0.2) is 14.3 Å². The SMILES string of the molecule is Cc1ccc(C(=O)N(c2ccc3oc4c(c3c2)CCCC4)S(=O)(=O)c2ccc(C)cc2)cc1. The van der Waals surface area contributed by atoms with Crippen molar-refractivity contribution in [3.05, 3.63) is 94.7 Å². The van der Waals surface area contributed by atoms with Crippen LogP contribution in [0.4, 0.5) is 5.69 Å². The molecule has 168 valence electrons. The Morgan fingerprint density at radius 1 is 0.848 bits per heavy atom. The van der Waals surface area contributed by atoms with E-state index >= 15 is 0 Å². The first-order chi connectivity index (χ1) is 15.8. The molecular weight excluding hydrogens is 434 g/mol. The van der Waals surface area contributed by atoms with E-state index in [1.54, 1.807) is 66.7 Å². The lowest BCUT2D eigenvalue weighted by molar-refractivity contribution is 0.101. The molecule has 0 aliphatic heterocycles. The van der Waals surface area contributed by atoms with Crippen molar-refractivity contribution in [2.24, 2.45) is 0 Å². The number of furan rings is 1. The van der Waals surface area contributed by atoms with Crippen LogP contribution >= 0.6 is 0 Å². The van der Waals surface area contributed by atoms with E-state index in [9.17, 15) is 13.2 Å². The third-order valence-electron chi connectivity index (χ3n) is 6.22. The van der Waals surface area contributed by atoms with Gasteiger partial charge < -0.3 is 4.42 Å². The average molecular weight is 460 g/mol. The molecule has 1 aromatic heterocycles. The molecule has 0 saturated carbocycles. The Kier molecular flexibility index (Phi) is 5.33. The summed E-state index contributed by atoms with van der Waals surface area (Å²) in [5.74, 6) is 0.374. The highest BCUT2D eigenvalue weighted by Crippen LogP contribution is 2.36. The van der Waals surface area contributed by atoms with Gasteiger partial charge in [0.2, 0.25) is 0 Å². The van der Waals surface area contributed by atoms with Crippen molar-refractivity contribution in [3.63, 3.8) is 0 Å². The summed E-state index contributed by atoms with van der Waals surface area (Å²) in [7, 11) is -4.15. The molecule has 0 radical (unpaired) electrons. The molecule has 33 heavy (non-hydrogen) atoms. The first-order valence-corrected chi connectivity index (χ1v) is 12.6. The van der Waals surface area contributed by atoms with Crippen molar-refractivity contribution >= 4 is 32.6 Å². The predicted molar refractivity (Wildman–Crippen MR) is 129 cm³/mol. The van der Waals surface area contributed by atoms with E-state index in [4.69, 9.17) is 4.42 Å². The zero-order valence-electron chi connectivity index (χ0n) is 18.7. The summed E-state index contributed by atoms with van der Waals surface area (Å²) in [5.41, 5.74) is 4.39. The van der Waals surface area contributed by atoms with E-state index in [0.717, 1.165) is 63.4 Å². The van der Waals surface area contributed by atoms with E-state index < -0.39 is 15.9 Å². The maximum atomic E-state index is 13.8. The zero-order valence-corrected chi connectivity index (χ0v) is 19.5. The van der Waals surface area contributed by atoms with Gasteiger partial charge in [-0.25, -0.2) is 8.42 Å². The Morgan fingerprint density at radius 2 is 1.48 bits per heavy atom. The second-order valence-corrected chi connectivity index (χ2v) is 10.4. The van der Waals surface area contributed by atoms with Gasteiger partial charge in [-0.15, -0.1) is 0 Å². The number of rotatable bonds is 4. The van der Waals surface area contributed by atoms with E-state index in [1.165, 1.54) is 0 Å². The molecule has 5 nitrogen and oxygen atoms in total. The Bertz CT molecular complexity index is 1450. The molecule has 3 aromatic carbocycles. The number of amides is 1. The van der Waals surface area contributed by atoms with Gasteiger partial charge in [0.1, 0.15) is 11.3 Å². The summed E-state index contributed by atoms with van der Waals surface area (Å²) in [6, 6.07) is 18.7. The lowest BCUT2D eigenvalue weighted by Gasteiger charge is -2.23. The van der Waals surface area contributed by atoms with Crippen LogP contribution in [0.5, 0.6) is 0 Å². The average Bonchev–Trinajstić information content (AvgIpc) is 3.18. The third-order valence-corrected chi connectivity index (χ3v) is 7.94. The predicted octanol–water partition coefficient (Wildman–Crippen LogP) is 5.96. The highest BCUT2D eigenvalue weighted by Gasteiger charge is 2.32. The second-order valence-electron chi connectivity index (χ2n) is 8.65. The first kappa shape index (κ1) is 21.5. The molecule has 0 spiro atoms. The number of fused-ring (bicyclic) bond motifs is 3. The maximum Gasteiger partial charge on any atom is 0.272 e. The molecule has 0 N–H and O–H groups in total.